The predicted molar refractivity (Wildman–Crippen MR) is 35.4 cm³/mol. The third-order valence-corrected chi connectivity index (χ3v) is 1.59. The molecule has 2 bridgehead atoms. The Balaban J connectivity index is 2.44. The van der Waals surface area contributed by atoms with Gasteiger partial charge < -0.3 is 4.74 Å². The highest BCUT2D eigenvalue weighted by Gasteiger charge is 2.25. The molecule has 0 radical (unpaired) electrons. The molecular weight excluding hydrogens is 146 g/mol. The quantitative estimate of drug-likeness (QED) is 0.372. The molecule has 0 saturated heterocycles. The lowest BCUT2D eigenvalue weighted by atomic mass is 10.2. The van der Waals surface area contributed by atoms with E-state index >= 15 is 0 Å². The van der Waals surface area contributed by atoms with Gasteiger partial charge in [-0.15, -0.1) is 0 Å². The van der Waals surface area contributed by atoms with Crippen molar-refractivity contribution in [1.82, 2.24) is 4.90 Å². The fourth-order valence-electron chi connectivity index (χ4n) is 0.979. The van der Waals surface area contributed by atoms with Crippen LogP contribution in [0.15, 0.2) is 23.9 Å². The molecule has 0 fully saturated rings. The number of carbonyl (C=O) groups excluding carboxylic acids is 2. The molecule has 0 aromatic carbocycles. The fraction of sp³-hybridized carbons (Fsp3) is 0.143. The van der Waals surface area contributed by atoms with Crippen LogP contribution in [0.4, 0.5) is 4.79 Å². The van der Waals surface area contributed by atoms with E-state index in [1.165, 1.54) is 4.90 Å². The van der Waals surface area contributed by atoms with Gasteiger partial charge in [0.15, 0.2) is 0 Å². The Morgan fingerprint density at radius 3 is 2.91 bits per heavy atom. The second-order valence-electron chi connectivity index (χ2n) is 2.28. The summed E-state index contributed by atoms with van der Waals surface area (Å²) in [6.45, 7) is 0.427. The predicted octanol–water partition coefficient (Wildman–Crippen LogP) is 0.419. The number of esters is 1. The fourth-order valence-corrected chi connectivity index (χ4v) is 0.979. The zero-order valence-electron chi connectivity index (χ0n) is 5.61. The Bertz CT molecular complexity index is 290. The molecule has 0 aliphatic carbocycles. The van der Waals surface area contributed by atoms with Gasteiger partial charge in [-0.25, -0.2) is 9.59 Å². The second kappa shape index (κ2) is 1.95. The molecule has 0 aromatic heterocycles. The van der Waals surface area contributed by atoms with Crippen molar-refractivity contribution in [2.45, 2.75) is 0 Å². The number of rotatable bonds is 0. The minimum absolute atomic E-state index is 0.427. The molecule has 3 heterocycles. The minimum Gasteiger partial charge on any atom is -0.372 e. The highest BCUT2D eigenvalue weighted by atomic mass is 16.6. The zero-order chi connectivity index (χ0) is 7.84. The van der Waals surface area contributed by atoms with Gasteiger partial charge in [0.05, 0.1) is 5.57 Å². The van der Waals surface area contributed by atoms with Crippen LogP contribution < -0.4 is 0 Å². The van der Waals surface area contributed by atoms with Crippen molar-refractivity contribution in [2.24, 2.45) is 0 Å². The third kappa shape index (κ3) is 0.832. The van der Waals surface area contributed by atoms with Gasteiger partial charge in [0.25, 0.3) is 0 Å². The Morgan fingerprint density at radius 1 is 1.45 bits per heavy atom. The molecule has 0 unspecified atom stereocenters. The van der Waals surface area contributed by atoms with Crippen LogP contribution in [0.25, 0.3) is 0 Å². The molecule has 0 aromatic rings. The van der Waals surface area contributed by atoms with E-state index in [1.54, 1.807) is 18.4 Å². The van der Waals surface area contributed by atoms with Crippen molar-refractivity contribution in [2.75, 3.05) is 6.54 Å². The molecule has 3 aliphatic heterocycles. The summed E-state index contributed by atoms with van der Waals surface area (Å²) in [7, 11) is 0. The Hall–Kier alpha value is -1.58. The molecule has 4 nitrogen and oxygen atoms in total. The van der Waals surface area contributed by atoms with Crippen molar-refractivity contribution in [1.29, 1.82) is 0 Å². The molecule has 0 saturated carbocycles. The number of carbonyl (C=O) groups is 2. The summed E-state index contributed by atoms with van der Waals surface area (Å²) in [6.07, 6.45) is 4.17. The third-order valence-electron chi connectivity index (χ3n) is 1.59. The van der Waals surface area contributed by atoms with E-state index in [-0.39, 0.29) is 0 Å². The van der Waals surface area contributed by atoms with Crippen LogP contribution in [0.5, 0.6) is 0 Å². The number of amides is 1. The first-order valence-corrected chi connectivity index (χ1v) is 3.18. The van der Waals surface area contributed by atoms with Crippen LogP contribution in [0.1, 0.15) is 0 Å². The van der Waals surface area contributed by atoms with E-state index in [0.717, 1.165) is 0 Å². The zero-order valence-corrected chi connectivity index (χ0v) is 5.61. The standard InChI is InChI=1S/C7H5NO3/c9-6-5-1-3-8(4-2-5)7(10)11-6/h1-3H,4H2. The van der Waals surface area contributed by atoms with Crippen molar-refractivity contribution >= 4 is 12.1 Å². The van der Waals surface area contributed by atoms with Crippen LogP contribution >= 0.6 is 0 Å². The van der Waals surface area contributed by atoms with E-state index in [2.05, 4.69) is 4.74 Å². The number of hydrogen-bond donors (Lipinski definition) is 0. The maximum atomic E-state index is 10.9. The highest BCUT2D eigenvalue weighted by molar-refractivity contribution is 6.00. The van der Waals surface area contributed by atoms with Gasteiger partial charge in [0, 0.05) is 12.7 Å². The van der Waals surface area contributed by atoms with Crippen molar-refractivity contribution in [3.63, 3.8) is 0 Å². The second-order valence-corrected chi connectivity index (χ2v) is 2.28. The smallest absolute Gasteiger partial charge is 0.372 e. The van der Waals surface area contributed by atoms with Gasteiger partial charge >= 0.3 is 12.1 Å². The molecule has 56 valence electrons. The lowest BCUT2D eigenvalue weighted by molar-refractivity contribution is -0.132. The Kier molecular flexibility index (Phi) is 1.09. The number of hydrogen-bond acceptors (Lipinski definition) is 3. The summed E-state index contributed by atoms with van der Waals surface area (Å²) < 4.78 is 4.42. The molecular formula is C7H5NO3. The van der Waals surface area contributed by atoms with E-state index in [4.69, 9.17) is 0 Å². The van der Waals surface area contributed by atoms with Gasteiger partial charge in [-0.3, -0.25) is 4.90 Å². The lowest BCUT2D eigenvalue weighted by Crippen LogP contribution is -2.25. The summed E-state index contributed by atoms with van der Waals surface area (Å²) in [6, 6.07) is 0. The van der Waals surface area contributed by atoms with Gasteiger partial charge in [0.2, 0.25) is 0 Å². The van der Waals surface area contributed by atoms with Gasteiger partial charge in [-0.05, 0) is 6.08 Å². The Morgan fingerprint density at radius 2 is 2.27 bits per heavy atom. The first-order valence-electron chi connectivity index (χ1n) is 3.18. The van der Waals surface area contributed by atoms with Crippen LogP contribution in [0, 0.1) is 0 Å². The monoisotopic (exact) mass is 151 g/mol. The number of fused-ring (bicyclic) bond motifs is 3. The topological polar surface area (TPSA) is 46.6 Å². The molecule has 4 heteroatoms. The van der Waals surface area contributed by atoms with Crippen molar-refractivity contribution in [3.05, 3.63) is 23.9 Å². The molecule has 0 spiro atoms. The summed E-state index contributed by atoms with van der Waals surface area (Å²) >= 11 is 0. The molecule has 0 atom stereocenters. The van der Waals surface area contributed by atoms with Gasteiger partial charge in [-0.2, -0.15) is 0 Å². The molecule has 3 rings (SSSR count). The minimum atomic E-state index is -0.602. The van der Waals surface area contributed by atoms with Crippen LogP contribution in [-0.2, 0) is 9.53 Å². The van der Waals surface area contributed by atoms with E-state index in [1.807, 2.05) is 0 Å². The molecule has 1 amide bonds. The summed E-state index contributed by atoms with van der Waals surface area (Å²) in [5.41, 5.74) is 0.451. The number of nitrogens with zero attached hydrogens (tertiary/aromatic N) is 1. The number of ether oxygens (including phenoxy) is 1. The van der Waals surface area contributed by atoms with Crippen molar-refractivity contribution < 1.29 is 14.3 Å². The van der Waals surface area contributed by atoms with Crippen LogP contribution in [-0.4, -0.2) is 23.5 Å². The maximum absolute atomic E-state index is 10.9. The first-order chi connectivity index (χ1) is 5.27. The van der Waals surface area contributed by atoms with E-state index in [9.17, 15) is 9.59 Å². The molecule has 11 heavy (non-hydrogen) atoms. The summed E-state index contributed by atoms with van der Waals surface area (Å²) in [5.74, 6) is -0.564. The van der Waals surface area contributed by atoms with Crippen LogP contribution in [0.3, 0.4) is 0 Å². The summed E-state index contributed by atoms with van der Waals surface area (Å²) in [4.78, 5) is 23.1. The lowest BCUT2D eigenvalue weighted by Gasteiger charge is -2.11. The van der Waals surface area contributed by atoms with E-state index < -0.39 is 12.1 Å². The highest BCUT2D eigenvalue weighted by Crippen LogP contribution is 2.15. The molecule has 0 N–H and O–H groups in total. The average Bonchev–Trinajstić information content (AvgIpc) is 2.22. The summed E-state index contributed by atoms with van der Waals surface area (Å²) in [5, 5.41) is 0. The first kappa shape index (κ1) is 6.15. The molecule has 3 aliphatic rings. The Labute approximate surface area is 62.7 Å². The average molecular weight is 151 g/mol. The van der Waals surface area contributed by atoms with E-state index in [0.29, 0.717) is 12.1 Å². The van der Waals surface area contributed by atoms with Gasteiger partial charge in [0.1, 0.15) is 0 Å². The maximum Gasteiger partial charge on any atom is 0.422 e. The van der Waals surface area contributed by atoms with Crippen molar-refractivity contribution in [3.8, 4) is 0 Å². The normalized spacial score (nSPS) is 21.5. The van der Waals surface area contributed by atoms with Crippen LogP contribution in [0.2, 0.25) is 0 Å². The van der Waals surface area contributed by atoms with Gasteiger partial charge in [-0.1, -0.05) is 6.08 Å². The largest absolute Gasteiger partial charge is 0.422 e. The SMILES string of the molecule is O=C1OC(=O)N2C=CC1=CC2.